The minimum atomic E-state index is -1.59. The molecule has 0 aliphatic carbocycles. The molecule has 8 heteroatoms. The maximum Gasteiger partial charge on any atom is 0.259 e. The first-order valence-corrected chi connectivity index (χ1v) is 13.3. The normalized spacial score (nSPS) is 14.6. The van der Waals surface area contributed by atoms with Gasteiger partial charge < -0.3 is 10.2 Å². The SMILES string of the molecule is O=C(Nc1ccc(I)cc1)c1ccc2c(c1)N(Cc1cccc(Cl)c1)C(=O)c1ccccc1[S@@]2=O. The molecule has 1 aliphatic heterocycles. The van der Waals surface area contributed by atoms with Crippen LogP contribution in [-0.4, -0.2) is 16.0 Å². The van der Waals surface area contributed by atoms with Gasteiger partial charge >= 0.3 is 0 Å². The summed E-state index contributed by atoms with van der Waals surface area (Å²) in [6, 6.07) is 26.5. The van der Waals surface area contributed by atoms with Crippen molar-refractivity contribution < 1.29 is 13.8 Å². The van der Waals surface area contributed by atoms with Crippen molar-refractivity contribution in [3.8, 4) is 0 Å². The van der Waals surface area contributed by atoms with Crippen molar-refractivity contribution in [3.05, 3.63) is 116 Å². The summed E-state index contributed by atoms with van der Waals surface area (Å²) < 4.78 is 14.6. The Bertz CT molecular complexity index is 1490. The molecule has 0 spiro atoms. The quantitative estimate of drug-likeness (QED) is 0.267. The molecule has 0 unspecified atom stereocenters. The van der Waals surface area contributed by atoms with Gasteiger partial charge in [0.2, 0.25) is 0 Å². The first kappa shape index (κ1) is 23.7. The largest absolute Gasteiger partial charge is 0.322 e. The lowest BCUT2D eigenvalue weighted by Gasteiger charge is -2.24. The highest BCUT2D eigenvalue weighted by atomic mass is 127. The number of carbonyl (C=O) groups excluding carboxylic acids is 2. The third kappa shape index (κ3) is 4.89. The fourth-order valence-corrected chi connectivity index (χ4v) is 5.83. The molecule has 174 valence electrons. The van der Waals surface area contributed by atoms with E-state index >= 15 is 0 Å². The van der Waals surface area contributed by atoms with Gasteiger partial charge in [-0.3, -0.25) is 9.59 Å². The number of benzene rings is 4. The highest BCUT2D eigenvalue weighted by Crippen LogP contribution is 2.36. The maximum absolute atomic E-state index is 13.7. The van der Waals surface area contributed by atoms with Gasteiger partial charge in [-0.25, -0.2) is 4.21 Å². The van der Waals surface area contributed by atoms with Crippen molar-refractivity contribution in [2.75, 3.05) is 10.2 Å². The molecule has 0 saturated heterocycles. The van der Waals surface area contributed by atoms with E-state index in [0.717, 1.165) is 9.13 Å². The second-order valence-electron chi connectivity index (χ2n) is 7.93. The molecule has 5 nitrogen and oxygen atoms in total. The monoisotopic (exact) mass is 612 g/mol. The van der Waals surface area contributed by atoms with Crippen molar-refractivity contribution in [3.63, 3.8) is 0 Å². The number of anilines is 2. The van der Waals surface area contributed by atoms with Gasteiger partial charge in [-0.15, -0.1) is 0 Å². The predicted molar refractivity (Wildman–Crippen MR) is 147 cm³/mol. The van der Waals surface area contributed by atoms with E-state index in [9.17, 15) is 13.8 Å². The minimum absolute atomic E-state index is 0.208. The molecule has 0 radical (unpaired) electrons. The summed E-state index contributed by atoms with van der Waals surface area (Å²) in [5, 5.41) is 3.44. The van der Waals surface area contributed by atoms with Crippen molar-refractivity contribution in [2.45, 2.75) is 16.3 Å². The van der Waals surface area contributed by atoms with E-state index in [1.54, 1.807) is 59.5 Å². The number of hydrogen-bond donors (Lipinski definition) is 1. The smallest absolute Gasteiger partial charge is 0.259 e. The number of nitrogens with one attached hydrogen (secondary N) is 1. The number of halogens is 2. The van der Waals surface area contributed by atoms with Crippen molar-refractivity contribution in [1.82, 2.24) is 0 Å². The number of amides is 2. The lowest BCUT2D eigenvalue weighted by molar-refractivity contribution is 0.0979. The number of rotatable bonds is 4. The molecular formula is C27H18ClIN2O3S. The number of nitrogens with zero attached hydrogens (tertiary/aromatic N) is 1. The summed E-state index contributed by atoms with van der Waals surface area (Å²) >= 11 is 8.38. The number of carbonyl (C=O) groups is 2. The van der Waals surface area contributed by atoms with Gasteiger partial charge in [0.15, 0.2) is 0 Å². The first-order valence-electron chi connectivity index (χ1n) is 10.7. The van der Waals surface area contributed by atoms with E-state index in [1.807, 2.05) is 36.4 Å². The van der Waals surface area contributed by atoms with Crippen LogP contribution in [0.5, 0.6) is 0 Å². The Hall–Kier alpha value is -3.01. The van der Waals surface area contributed by atoms with Crippen LogP contribution in [0.2, 0.25) is 5.02 Å². The third-order valence-electron chi connectivity index (χ3n) is 5.61. The summed E-state index contributed by atoms with van der Waals surface area (Å²) in [5.41, 5.74) is 2.63. The molecule has 2 amide bonds. The molecule has 1 atom stereocenters. The minimum Gasteiger partial charge on any atom is -0.322 e. The van der Waals surface area contributed by atoms with E-state index in [1.165, 1.54) is 0 Å². The Morgan fingerprint density at radius 2 is 1.69 bits per heavy atom. The number of hydrogen-bond acceptors (Lipinski definition) is 3. The predicted octanol–water partition coefficient (Wildman–Crippen LogP) is 6.52. The summed E-state index contributed by atoms with van der Waals surface area (Å²) in [6.45, 7) is 0.208. The molecule has 35 heavy (non-hydrogen) atoms. The Kier molecular flexibility index (Phi) is 6.73. The molecule has 4 aromatic rings. The van der Waals surface area contributed by atoms with E-state index in [-0.39, 0.29) is 18.4 Å². The second kappa shape index (κ2) is 9.93. The van der Waals surface area contributed by atoms with Crippen LogP contribution in [0, 0.1) is 3.57 Å². The fourth-order valence-electron chi connectivity index (χ4n) is 3.92. The summed E-state index contributed by atoms with van der Waals surface area (Å²) in [5.74, 6) is -0.612. The molecule has 0 aromatic heterocycles. The highest BCUT2D eigenvalue weighted by molar-refractivity contribution is 14.1. The van der Waals surface area contributed by atoms with Crippen molar-refractivity contribution in [1.29, 1.82) is 0 Å². The zero-order valence-electron chi connectivity index (χ0n) is 18.2. The van der Waals surface area contributed by atoms with Crippen LogP contribution in [0.3, 0.4) is 0 Å². The van der Waals surface area contributed by atoms with Crippen LogP contribution in [0.4, 0.5) is 11.4 Å². The Morgan fingerprint density at radius 3 is 2.46 bits per heavy atom. The fraction of sp³-hybridized carbons (Fsp3) is 0.0370. The molecule has 0 bridgehead atoms. The Labute approximate surface area is 223 Å². The van der Waals surface area contributed by atoms with Gasteiger partial charge in [0, 0.05) is 19.8 Å². The molecule has 5 rings (SSSR count). The van der Waals surface area contributed by atoms with E-state index in [2.05, 4.69) is 27.9 Å². The maximum atomic E-state index is 13.7. The highest BCUT2D eigenvalue weighted by Gasteiger charge is 2.31. The molecule has 4 aromatic carbocycles. The van der Waals surface area contributed by atoms with Gasteiger partial charge in [-0.1, -0.05) is 35.9 Å². The Balaban J connectivity index is 1.59. The van der Waals surface area contributed by atoms with E-state index in [4.69, 9.17) is 11.6 Å². The average molecular weight is 613 g/mol. The molecule has 0 saturated carbocycles. The summed E-state index contributed by atoms with van der Waals surface area (Å²) in [4.78, 5) is 29.2. The van der Waals surface area contributed by atoms with Crippen LogP contribution < -0.4 is 10.2 Å². The molecule has 1 heterocycles. The van der Waals surface area contributed by atoms with Crippen LogP contribution >= 0.6 is 34.2 Å². The zero-order chi connectivity index (χ0) is 24.5. The van der Waals surface area contributed by atoms with Crippen LogP contribution in [0.15, 0.2) is 101 Å². The Morgan fingerprint density at radius 1 is 0.914 bits per heavy atom. The van der Waals surface area contributed by atoms with Crippen LogP contribution in [-0.2, 0) is 17.3 Å². The van der Waals surface area contributed by atoms with Crippen molar-refractivity contribution in [2.24, 2.45) is 0 Å². The van der Waals surface area contributed by atoms with Gasteiger partial charge in [-0.05, 0) is 94.9 Å². The van der Waals surface area contributed by atoms with Gasteiger partial charge in [-0.2, -0.15) is 0 Å². The second-order valence-corrected chi connectivity index (χ2v) is 11.0. The lowest BCUT2D eigenvalue weighted by atomic mass is 10.1. The van der Waals surface area contributed by atoms with E-state index < -0.39 is 10.8 Å². The van der Waals surface area contributed by atoms with Crippen LogP contribution in [0.25, 0.3) is 0 Å². The zero-order valence-corrected chi connectivity index (χ0v) is 21.9. The number of fused-ring (bicyclic) bond motifs is 2. The molecule has 1 aliphatic rings. The average Bonchev–Trinajstić information content (AvgIpc) is 2.95. The summed E-state index contributed by atoms with van der Waals surface area (Å²) in [6.07, 6.45) is 0. The molecular weight excluding hydrogens is 595 g/mol. The standard InChI is InChI=1S/C27H18ClIN2O3S/c28-19-5-3-4-17(14-19)16-31-23-15-18(26(32)30-21-11-9-20(29)10-12-21)8-13-25(23)35(34)24-7-2-1-6-22(24)27(31)33/h1-15H,16H2,(H,30,32)/t35-/m0/s1. The van der Waals surface area contributed by atoms with Crippen molar-refractivity contribution >= 4 is 68.2 Å². The van der Waals surface area contributed by atoms with E-state index in [0.29, 0.717) is 37.3 Å². The third-order valence-corrected chi connectivity index (χ3v) is 8.06. The summed E-state index contributed by atoms with van der Waals surface area (Å²) in [7, 11) is -1.59. The molecule has 0 fully saturated rings. The topological polar surface area (TPSA) is 66.5 Å². The first-order chi connectivity index (χ1) is 16.9. The van der Waals surface area contributed by atoms with Gasteiger partial charge in [0.05, 0.1) is 38.4 Å². The van der Waals surface area contributed by atoms with Crippen LogP contribution in [0.1, 0.15) is 26.3 Å². The van der Waals surface area contributed by atoms with Gasteiger partial charge in [0.1, 0.15) is 0 Å². The lowest BCUT2D eigenvalue weighted by Crippen LogP contribution is -2.30. The van der Waals surface area contributed by atoms with Gasteiger partial charge in [0.25, 0.3) is 11.8 Å². The molecule has 1 N–H and O–H groups in total.